The Hall–Kier alpha value is -2.94. The molecule has 0 radical (unpaired) electrons. The van der Waals surface area contributed by atoms with Crippen molar-refractivity contribution in [3.63, 3.8) is 0 Å². The Morgan fingerprint density at radius 1 is 1.23 bits per heavy atom. The summed E-state index contributed by atoms with van der Waals surface area (Å²) in [5.41, 5.74) is 4.26. The fourth-order valence-corrected chi connectivity index (χ4v) is 5.77. The van der Waals surface area contributed by atoms with Crippen molar-refractivity contribution >= 4 is 16.8 Å². The number of hydrogen-bond donors (Lipinski definition) is 2. The number of carbonyl (C=O) groups is 1. The zero-order chi connectivity index (χ0) is 25.2. The Labute approximate surface area is 201 Å². The minimum absolute atomic E-state index is 0.0183. The van der Waals surface area contributed by atoms with Crippen LogP contribution < -0.4 is 5.32 Å². The van der Waals surface area contributed by atoms with Gasteiger partial charge in [0.25, 0.3) is 0 Å². The summed E-state index contributed by atoms with van der Waals surface area (Å²) in [6.45, 7) is -1.50. The van der Waals surface area contributed by atoms with Crippen molar-refractivity contribution in [3.05, 3.63) is 59.5 Å². The molecule has 35 heavy (non-hydrogen) atoms. The molecule has 3 aromatic rings. The third-order valence-electron chi connectivity index (χ3n) is 7.31. The van der Waals surface area contributed by atoms with Crippen molar-refractivity contribution in [1.82, 2.24) is 15.1 Å². The number of aryl methyl sites for hydroxylation is 1. The summed E-state index contributed by atoms with van der Waals surface area (Å²) in [4.78, 5) is 11.8. The molecule has 1 aromatic heterocycles. The van der Waals surface area contributed by atoms with Crippen LogP contribution in [-0.2, 0) is 16.6 Å². The van der Waals surface area contributed by atoms with Gasteiger partial charge in [-0.25, -0.2) is 9.07 Å². The summed E-state index contributed by atoms with van der Waals surface area (Å²) >= 11 is 0. The van der Waals surface area contributed by atoms with Gasteiger partial charge in [0.05, 0.1) is 23.5 Å². The lowest BCUT2D eigenvalue weighted by Gasteiger charge is -2.46. The van der Waals surface area contributed by atoms with E-state index in [1.807, 2.05) is 10.9 Å². The zero-order valence-corrected chi connectivity index (χ0v) is 19.5. The van der Waals surface area contributed by atoms with Gasteiger partial charge in [0.1, 0.15) is 5.82 Å². The van der Waals surface area contributed by atoms with E-state index in [4.69, 9.17) is 0 Å². The van der Waals surface area contributed by atoms with E-state index < -0.39 is 6.68 Å². The SMILES string of the molecule is CC(=O)NCC12CCC(O)CC1CCCc1cc3c(cnn3-c3ccc(F)cc3)cc12.FC(F)F. The highest BCUT2D eigenvalue weighted by atomic mass is 19.4. The quantitative estimate of drug-likeness (QED) is 0.494. The largest absolute Gasteiger partial charge is 0.393 e. The number of aliphatic hydroxyl groups is 1. The highest BCUT2D eigenvalue weighted by Gasteiger charge is 2.46. The molecule has 0 aliphatic heterocycles. The highest BCUT2D eigenvalue weighted by molar-refractivity contribution is 5.83. The van der Waals surface area contributed by atoms with Crippen LogP contribution in [0.4, 0.5) is 17.6 Å². The molecule has 1 saturated carbocycles. The Morgan fingerprint density at radius 2 is 1.94 bits per heavy atom. The molecule has 0 bridgehead atoms. The molecule has 9 heteroatoms. The van der Waals surface area contributed by atoms with Crippen LogP contribution >= 0.6 is 0 Å². The Bertz CT molecular complexity index is 1180. The number of nitrogens with one attached hydrogen (secondary N) is 1. The average molecular weight is 492 g/mol. The molecular weight excluding hydrogens is 462 g/mol. The van der Waals surface area contributed by atoms with Crippen LogP contribution in [0.2, 0.25) is 0 Å². The smallest absolute Gasteiger partial charge is 0.379 e. The number of aliphatic hydroxyl groups excluding tert-OH is 1. The Balaban J connectivity index is 0.000000672. The number of rotatable bonds is 3. The fourth-order valence-electron chi connectivity index (χ4n) is 5.77. The molecule has 188 valence electrons. The van der Waals surface area contributed by atoms with Crippen LogP contribution in [0.3, 0.4) is 0 Å². The Morgan fingerprint density at radius 3 is 2.63 bits per heavy atom. The second kappa shape index (κ2) is 10.4. The number of alkyl halides is 3. The van der Waals surface area contributed by atoms with E-state index in [1.54, 1.807) is 19.1 Å². The molecule has 5 nitrogen and oxygen atoms in total. The molecule has 1 fully saturated rings. The maximum absolute atomic E-state index is 13.4. The fraction of sp³-hybridized carbons (Fsp3) is 0.462. The Kier molecular flexibility index (Phi) is 7.44. The second-order valence-corrected chi connectivity index (χ2v) is 9.43. The molecule has 1 amide bonds. The number of benzene rings is 2. The first kappa shape index (κ1) is 25.2. The topological polar surface area (TPSA) is 67.2 Å². The van der Waals surface area contributed by atoms with E-state index in [1.165, 1.54) is 23.3 Å². The molecular formula is C26H29F4N3O2. The molecule has 2 aliphatic rings. The average Bonchev–Trinajstić information content (AvgIpc) is 3.14. The summed E-state index contributed by atoms with van der Waals surface area (Å²) in [5.74, 6) is 0.0590. The molecule has 0 spiro atoms. The lowest BCUT2D eigenvalue weighted by atomic mass is 9.60. The van der Waals surface area contributed by atoms with Gasteiger partial charge in [0.2, 0.25) is 5.91 Å². The van der Waals surface area contributed by atoms with Crippen LogP contribution in [0.25, 0.3) is 16.6 Å². The molecule has 3 unspecified atom stereocenters. The number of halogens is 4. The maximum atomic E-state index is 13.4. The number of fused-ring (bicyclic) bond motifs is 4. The van der Waals surface area contributed by atoms with Crippen LogP contribution in [0.5, 0.6) is 0 Å². The first-order valence-corrected chi connectivity index (χ1v) is 11.8. The monoisotopic (exact) mass is 491 g/mol. The van der Waals surface area contributed by atoms with Gasteiger partial charge in [0, 0.05) is 24.3 Å². The van der Waals surface area contributed by atoms with Gasteiger partial charge in [-0.3, -0.25) is 4.79 Å². The van der Waals surface area contributed by atoms with Gasteiger partial charge in [-0.1, -0.05) is 0 Å². The van der Waals surface area contributed by atoms with Gasteiger partial charge >= 0.3 is 6.68 Å². The predicted molar refractivity (Wildman–Crippen MR) is 125 cm³/mol. The van der Waals surface area contributed by atoms with Crippen LogP contribution in [0.1, 0.15) is 50.2 Å². The number of aromatic nitrogens is 2. The van der Waals surface area contributed by atoms with E-state index >= 15 is 0 Å². The van der Waals surface area contributed by atoms with Gasteiger partial charge < -0.3 is 10.4 Å². The summed E-state index contributed by atoms with van der Waals surface area (Å²) in [6.07, 6.45) is 7.07. The number of carbonyl (C=O) groups excluding carboxylic acids is 1. The molecule has 2 N–H and O–H groups in total. The van der Waals surface area contributed by atoms with Crippen molar-refractivity contribution in [2.45, 2.75) is 63.6 Å². The minimum Gasteiger partial charge on any atom is -0.393 e. The van der Waals surface area contributed by atoms with Crippen molar-refractivity contribution in [2.75, 3.05) is 6.54 Å². The first-order chi connectivity index (χ1) is 16.7. The highest BCUT2D eigenvalue weighted by Crippen LogP contribution is 2.49. The van der Waals surface area contributed by atoms with Gasteiger partial charge in [-0.2, -0.15) is 18.3 Å². The second-order valence-electron chi connectivity index (χ2n) is 9.43. The molecule has 1 heterocycles. The number of hydrogen-bond acceptors (Lipinski definition) is 3. The standard InChI is InChI=1S/C25H28FN3O2.CHF3/c1-16(30)27-15-25-10-9-22(31)13-19(25)4-2-3-17-12-24-18(11-23(17)25)14-28-29(24)21-7-5-20(26)6-8-21;2-1(3)4/h5-8,11-12,14,19,22,31H,2-4,9-10,13,15H2,1H3,(H,27,30);1H. The summed E-state index contributed by atoms with van der Waals surface area (Å²) < 4.78 is 44.3. The third-order valence-corrected chi connectivity index (χ3v) is 7.31. The van der Waals surface area contributed by atoms with Crippen LogP contribution in [0, 0.1) is 11.7 Å². The van der Waals surface area contributed by atoms with Crippen molar-refractivity contribution in [1.29, 1.82) is 0 Å². The minimum atomic E-state index is -3.67. The van der Waals surface area contributed by atoms with E-state index in [0.29, 0.717) is 12.5 Å². The van der Waals surface area contributed by atoms with Crippen molar-refractivity contribution in [3.8, 4) is 5.69 Å². The number of amides is 1. The summed E-state index contributed by atoms with van der Waals surface area (Å²) in [6, 6.07) is 10.9. The van der Waals surface area contributed by atoms with Crippen molar-refractivity contribution in [2.24, 2.45) is 5.92 Å². The van der Waals surface area contributed by atoms with Crippen LogP contribution in [-0.4, -0.2) is 40.1 Å². The molecule has 2 aromatic carbocycles. The van der Waals surface area contributed by atoms with E-state index in [9.17, 15) is 27.5 Å². The van der Waals surface area contributed by atoms with Gasteiger partial charge in [0.15, 0.2) is 0 Å². The maximum Gasteiger partial charge on any atom is 0.379 e. The van der Waals surface area contributed by atoms with Crippen molar-refractivity contribution < 1.29 is 27.5 Å². The molecule has 3 atom stereocenters. The normalized spacial score (nSPS) is 23.6. The lowest BCUT2D eigenvalue weighted by molar-refractivity contribution is -0.119. The lowest BCUT2D eigenvalue weighted by Crippen LogP contribution is -2.49. The van der Waals surface area contributed by atoms with E-state index in [0.717, 1.165) is 55.1 Å². The summed E-state index contributed by atoms with van der Waals surface area (Å²) in [7, 11) is 0. The zero-order valence-electron chi connectivity index (χ0n) is 19.5. The number of nitrogens with zero attached hydrogens (tertiary/aromatic N) is 2. The third kappa shape index (κ3) is 5.34. The van der Waals surface area contributed by atoms with E-state index in [2.05, 4.69) is 22.5 Å². The summed E-state index contributed by atoms with van der Waals surface area (Å²) in [5, 5.41) is 19.1. The van der Waals surface area contributed by atoms with Gasteiger partial charge in [-0.15, -0.1) is 0 Å². The van der Waals surface area contributed by atoms with Crippen LogP contribution in [0.15, 0.2) is 42.6 Å². The predicted octanol–water partition coefficient (Wildman–Crippen LogP) is 5.21. The van der Waals surface area contributed by atoms with E-state index in [-0.39, 0.29) is 23.2 Å². The van der Waals surface area contributed by atoms with Gasteiger partial charge in [-0.05, 0) is 92.0 Å². The molecule has 0 saturated heterocycles. The molecule has 5 rings (SSSR count). The first-order valence-electron chi connectivity index (χ1n) is 11.8. The molecule has 2 aliphatic carbocycles.